The molecule has 0 aromatic heterocycles. The first-order chi connectivity index (χ1) is 12.0. The summed E-state index contributed by atoms with van der Waals surface area (Å²) < 4.78 is 0. The van der Waals surface area contributed by atoms with Gasteiger partial charge in [0.05, 0.1) is 12.6 Å². The summed E-state index contributed by atoms with van der Waals surface area (Å²) in [5.74, 6) is 0.787. The molecular formula is C18H28IN5O2. The molecule has 1 aliphatic rings. The number of rotatable bonds is 6. The predicted octanol–water partition coefficient (Wildman–Crippen LogP) is 1.44. The molecule has 1 aromatic carbocycles. The smallest absolute Gasteiger partial charge is 0.229 e. The highest BCUT2D eigenvalue weighted by Crippen LogP contribution is 2.20. The second-order valence-corrected chi connectivity index (χ2v) is 6.18. The molecule has 2 rings (SSSR count). The molecule has 0 radical (unpaired) electrons. The number of aliphatic imine (C=N–C) groups is 1. The number of anilines is 1. The molecule has 1 heterocycles. The Morgan fingerprint density at radius 1 is 1.31 bits per heavy atom. The summed E-state index contributed by atoms with van der Waals surface area (Å²) in [5, 5.41) is 6.47. The number of para-hydroxylation sites is 1. The average molecular weight is 473 g/mol. The molecule has 0 bridgehead atoms. The Labute approximate surface area is 172 Å². The van der Waals surface area contributed by atoms with E-state index >= 15 is 0 Å². The molecule has 0 aliphatic carbocycles. The Balaban J connectivity index is 0.00000338. The van der Waals surface area contributed by atoms with E-state index < -0.39 is 0 Å². The molecule has 7 nitrogen and oxygen atoms in total. The SMILES string of the molecule is CCNC(=NCCC(=O)N(C)C)NC1CC(=O)N(c2ccccc2)C1.I. The fourth-order valence-electron chi connectivity index (χ4n) is 2.66. The van der Waals surface area contributed by atoms with Crippen LogP contribution in [0.15, 0.2) is 35.3 Å². The summed E-state index contributed by atoms with van der Waals surface area (Å²) in [6, 6.07) is 9.66. The van der Waals surface area contributed by atoms with Gasteiger partial charge in [-0.15, -0.1) is 24.0 Å². The quantitative estimate of drug-likeness (QED) is 0.373. The standard InChI is InChI=1S/C18H27N5O2.HI/c1-4-19-18(20-11-10-16(24)22(2)3)21-14-12-17(25)23(13-14)15-8-6-5-7-9-15;/h5-9,14H,4,10-13H2,1-3H3,(H2,19,20,21);1H. The molecule has 2 amide bonds. The highest BCUT2D eigenvalue weighted by atomic mass is 127. The summed E-state index contributed by atoms with van der Waals surface area (Å²) in [6.45, 7) is 3.72. The molecule has 0 saturated carbocycles. The van der Waals surface area contributed by atoms with Gasteiger partial charge in [0.15, 0.2) is 5.96 Å². The molecule has 144 valence electrons. The van der Waals surface area contributed by atoms with Gasteiger partial charge in [-0.2, -0.15) is 0 Å². The van der Waals surface area contributed by atoms with Crippen molar-refractivity contribution in [2.24, 2.45) is 4.99 Å². The minimum absolute atomic E-state index is 0. The number of hydrogen-bond donors (Lipinski definition) is 2. The van der Waals surface area contributed by atoms with E-state index in [4.69, 9.17) is 0 Å². The van der Waals surface area contributed by atoms with Crippen molar-refractivity contribution in [1.29, 1.82) is 0 Å². The maximum atomic E-state index is 12.3. The monoisotopic (exact) mass is 473 g/mol. The van der Waals surface area contributed by atoms with E-state index in [9.17, 15) is 9.59 Å². The summed E-state index contributed by atoms with van der Waals surface area (Å²) in [6.07, 6.45) is 0.791. The van der Waals surface area contributed by atoms with Crippen LogP contribution in [0, 0.1) is 0 Å². The van der Waals surface area contributed by atoms with E-state index in [0.717, 1.165) is 12.2 Å². The normalized spacial score (nSPS) is 16.9. The van der Waals surface area contributed by atoms with Gasteiger partial charge in [0, 0.05) is 45.7 Å². The summed E-state index contributed by atoms with van der Waals surface area (Å²) >= 11 is 0. The lowest BCUT2D eigenvalue weighted by Gasteiger charge is -2.19. The van der Waals surface area contributed by atoms with E-state index in [1.165, 1.54) is 0 Å². The second kappa shape index (κ2) is 11.0. The molecular weight excluding hydrogens is 445 g/mol. The lowest BCUT2D eigenvalue weighted by Crippen LogP contribution is -2.44. The van der Waals surface area contributed by atoms with Gasteiger partial charge in [-0.3, -0.25) is 14.6 Å². The number of nitrogens with one attached hydrogen (secondary N) is 2. The number of carbonyl (C=O) groups is 2. The zero-order valence-corrected chi connectivity index (χ0v) is 17.9. The lowest BCUT2D eigenvalue weighted by atomic mass is 10.2. The van der Waals surface area contributed by atoms with Crippen molar-refractivity contribution in [2.45, 2.75) is 25.8 Å². The lowest BCUT2D eigenvalue weighted by molar-refractivity contribution is -0.128. The summed E-state index contributed by atoms with van der Waals surface area (Å²) in [5.41, 5.74) is 0.912. The van der Waals surface area contributed by atoms with Crippen LogP contribution < -0.4 is 15.5 Å². The third-order valence-corrected chi connectivity index (χ3v) is 3.97. The zero-order chi connectivity index (χ0) is 18.2. The van der Waals surface area contributed by atoms with Crippen LogP contribution in [0.4, 0.5) is 5.69 Å². The van der Waals surface area contributed by atoms with Gasteiger partial charge in [-0.25, -0.2) is 0 Å². The average Bonchev–Trinajstić information content (AvgIpc) is 2.96. The first-order valence-electron chi connectivity index (χ1n) is 8.61. The minimum Gasteiger partial charge on any atom is -0.357 e. The Bertz CT molecular complexity index is 621. The topological polar surface area (TPSA) is 77.0 Å². The maximum absolute atomic E-state index is 12.3. The second-order valence-electron chi connectivity index (χ2n) is 6.18. The highest BCUT2D eigenvalue weighted by Gasteiger charge is 2.31. The number of guanidine groups is 1. The molecule has 1 aliphatic heterocycles. The van der Waals surface area contributed by atoms with E-state index in [2.05, 4.69) is 15.6 Å². The molecule has 0 spiro atoms. The van der Waals surface area contributed by atoms with Gasteiger partial charge in [-0.05, 0) is 19.1 Å². The zero-order valence-electron chi connectivity index (χ0n) is 15.6. The van der Waals surface area contributed by atoms with Crippen molar-refractivity contribution in [2.75, 3.05) is 38.6 Å². The minimum atomic E-state index is -0.00458. The van der Waals surface area contributed by atoms with Crippen molar-refractivity contribution >= 4 is 47.4 Å². The molecule has 26 heavy (non-hydrogen) atoms. The molecule has 1 saturated heterocycles. The Hall–Kier alpha value is -1.84. The fourth-order valence-corrected chi connectivity index (χ4v) is 2.66. The van der Waals surface area contributed by atoms with Crippen LogP contribution in [-0.4, -0.2) is 62.4 Å². The van der Waals surface area contributed by atoms with Crippen molar-refractivity contribution < 1.29 is 9.59 Å². The van der Waals surface area contributed by atoms with Gasteiger partial charge in [0.1, 0.15) is 0 Å². The third kappa shape index (κ3) is 6.47. The number of hydrogen-bond acceptors (Lipinski definition) is 3. The molecule has 1 aromatic rings. The van der Waals surface area contributed by atoms with Crippen molar-refractivity contribution in [3.05, 3.63) is 30.3 Å². The van der Waals surface area contributed by atoms with Gasteiger partial charge in [0.25, 0.3) is 0 Å². The Kier molecular flexibility index (Phi) is 9.39. The van der Waals surface area contributed by atoms with Gasteiger partial charge in [-0.1, -0.05) is 18.2 Å². The van der Waals surface area contributed by atoms with E-state index in [1.807, 2.05) is 37.3 Å². The van der Waals surface area contributed by atoms with Crippen LogP contribution in [0.2, 0.25) is 0 Å². The van der Waals surface area contributed by atoms with Crippen LogP contribution in [0.25, 0.3) is 0 Å². The van der Waals surface area contributed by atoms with Crippen LogP contribution in [0.3, 0.4) is 0 Å². The van der Waals surface area contributed by atoms with Gasteiger partial charge >= 0.3 is 0 Å². The number of nitrogens with zero attached hydrogens (tertiary/aromatic N) is 3. The van der Waals surface area contributed by atoms with Gasteiger partial charge < -0.3 is 20.4 Å². The largest absolute Gasteiger partial charge is 0.357 e. The predicted molar refractivity (Wildman–Crippen MR) is 115 cm³/mol. The van der Waals surface area contributed by atoms with Crippen LogP contribution in [0.5, 0.6) is 0 Å². The first kappa shape index (κ1) is 22.2. The van der Waals surface area contributed by atoms with Crippen molar-refractivity contribution in [3.8, 4) is 0 Å². The van der Waals surface area contributed by atoms with E-state index in [-0.39, 0.29) is 41.8 Å². The van der Waals surface area contributed by atoms with E-state index in [0.29, 0.717) is 31.9 Å². The maximum Gasteiger partial charge on any atom is 0.229 e. The van der Waals surface area contributed by atoms with Crippen LogP contribution >= 0.6 is 24.0 Å². The molecule has 1 unspecified atom stereocenters. The third-order valence-electron chi connectivity index (χ3n) is 3.97. The van der Waals surface area contributed by atoms with E-state index in [1.54, 1.807) is 23.9 Å². The fraction of sp³-hybridized carbons (Fsp3) is 0.500. The first-order valence-corrected chi connectivity index (χ1v) is 8.61. The van der Waals surface area contributed by atoms with Crippen LogP contribution in [0.1, 0.15) is 19.8 Å². The molecule has 2 N–H and O–H groups in total. The van der Waals surface area contributed by atoms with Crippen molar-refractivity contribution in [3.63, 3.8) is 0 Å². The van der Waals surface area contributed by atoms with Crippen molar-refractivity contribution in [1.82, 2.24) is 15.5 Å². The summed E-state index contributed by atoms with van der Waals surface area (Å²) in [7, 11) is 3.47. The number of benzene rings is 1. The number of amides is 2. The Morgan fingerprint density at radius 2 is 2.00 bits per heavy atom. The molecule has 1 atom stereocenters. The van der Waals surface area contributed by atoms with Gasteiger partial charge in [0.2, 0.25) is 11.8 Å². The molecule has 8 heteroatoms. The molecule has 1 fully saturated rings. The number of halogens is 1. The highest BCUT2D eigenvalue weighted by molar-refractivity contribution is 14.0. The van der Waals surface area contributed by atoms with Crippen LogP contribution in [-0.2, 0) is 9.59 Å². The Morgan fingerprint density at radius 3 is 2.62 bits per heavy atom. The summed E-state index contributed by atoms with van der Waals surface area (Å²) in [4.78, 5) is 31.7. The number of carbonyl (C=O) groups excluding carboxylic acids is 2.